The maximum Gasteiger partial charge on any atom is 0.259 e. The van der Waals surface area contributed by atoms with Crippen LogP contribution in [-0.4, -0.2) is 102 Å². The molecule has 11 nitrogen and oxygen atoms in total. The van der Waals surface area contributed by atoms with Crippen molar-refractivity contribution in [1.82, 2.24) is 29.6 Å². The summed E-state index contributed by atoms with van der Waals surface area (Å²) in [5, 5.41) is 14.9. The van der Waals surface area contributed by atoms with E-state index in [2.05, 4.69) is 25.9 Å². The molecule has 0 radical (unpaired) electrons. The predicted octanol–water partition coefficient (Wildman–Crippen LogP) is 5.60. The van der Waals surface area contributed by atoms with E-state index in [1.807, 2.05) is 0 Å². The second-order valence-corrected chi connectivity index (χ2v) is 19.0. The molecule has 0 bridgehead atoms. The van der Waals surface area contributed by atoms with Crippen LogP contribution in [0.1, 0.15) is 145 Å². The van der Waals surface area contributed by atoms with Crippen molar-refractivity contribution in [3.8, 4) is 0 Å². The Bertz CT molecular complexity index is 1390. The number of rotatable bonds is 7. The van der Waals surface area contributed by atoms with Gasteiger partial charge in [0.1, 0.15) is 17.6 Å². The molecule has 1 aromatic heterocycles. The molecule has 3 aliphatic carbocycles. The average molecular weight is 733 g/mol. The van der Waals surface area contributed by atoms with Gasteiger partial charge in [-0.1, -0.05) is 83.5 Å². The number of anilines is 2. The fraction of sp³-hybridized carbons (Fsp3) is 0.895. The van der Waals surface area contributed by atoms with Crippen LogP contribution in [0.5, 0.6) is 0 Å². The summed E-state index contributed by atoms with van der Waals surface area (Å²) in [4.78, 5) is 16.7. The minimum absolute atomic E-state index is 0.0742. The van der Waals surface area contributed by atoms with Crippen molar-refractivity contribution in [2.75, 3.05) is 50.3 Å². The Hall–Kier alpha value is -1.96. The third-order valence-corrected chi connectivity index (χ3v) is 15.7. The highest BCUT2D eigenvalue weighted by Gasteiger charge is 2.45. The van der Waals surface area contributed by atoms with E-state index in [1.165, 1.54) is 83.5 Å². The highest BCUT2D eigenvalue weighted by atomic mass is 32.2. The van der Waals surface area contributed by atoms with Crippen molar-refractivity contribution < 1.29 is 17.6 Å². The zero-order valence-electron chi connectivity index (χ0n) is 30.9. The zero-order chi connectivity index (χ0) is 35.4. The molecule has 3 saturated carbocycles. The number of nitrogens with one attached hydrogen (secondary N) is 3. The Morgan fingerprint density at radius 2 is 1.35 bits per heavy atom. The number of piperidine rings is 1. The van der Waals surface area contributed by atoms with E-state index in [4.69, 9.17) is 5.73 Å². The lowest BCUT2D eigenvalue weighted by molar-refractivity contribution is 0.0605. The largest absolute Gasteiger partial charge is 0.381 e. The molecule has 51 heavy (non-hydrogen) atoms. The molecule has 288 valence electrons. The van der Waals surface area contributed by atoms with E-state index in [9.17, 15) is 13.2 Å². The normalized spacial score (nSPS) is 32.1. The second kappa shape index (κ2) is 17.0. The summed E-state index contributed by atoms with van der Waals surface area (Å²) in [5.74, 6) is 1.20. The summed E-state index contributed by atoms with van der Waals surface area (Å²) in [6.45, 7) is 3.11. The third-order valence-electron chi connectivity index (χ3n) is 13.3. The number of hydrogen-bond acceptors (Lipinski definition) is 8. The Labute approximate surface area is 305 Å². The maximum absolute atomic E-state index is 15.8. The number of carbonyl (C=O) groups is 1. The van der Waals surface area contributed by atoms with E-state index in [1.54, 1.807) is 8.99 Å². The number of aromatic nitrogens is 2. The molecule has 4 heterocycles. The van der Waals surface area contributed by atoms with Gasteiger partial charge in [0.2, 0.25) is 10.0 Å². The Morgan fingerprint density at radius 3 is 1.94 bits per heavy atom. The van der Waals surface area contributed by atoms with Crippen LogP contribution in [0.2, 0.25) is 0 Å². The number of nitrogens with zero attached hydrogens (tertiary/aromatic N) is 4. The highest BCUT2D eigenvalue weighted by molar-refractivity contribution is 7.90. The number of halogens is 1. The molecule has 0 aromatic carbocycles. The fourth-order valence-corrected chi connectivity index (χ4v) is 12.0. The van der Waals surface area contributed by atoms with Crippen molar-refractivity contribution >= 4 is 27.6 Å². The molecule has 6 aliphatic rings. The van der Waals surface area contributed by atoms with E-state index in [-0.39, 0.29) is 41.5 Å². The standard InChI is InChI=1S/C38H65FN8O3S/c39-30-25-42-37-34(36(40)44-47(37)35(30)28-16-12-8-2-1-3-9-13-17-28)38(48)43-32-26-41-31(27-14-10-6-4-5-7-11-15-27)24-33(32)45-20-22-46(23-21-45)51(49,50)29-18-19-29/h27-33,35,41-42H,1-26H2,(H2,40,44)(H,43,48). The van der Waals surface area contributed by atoms with Crippen molar-refractivity contribution in [2.45, 2.75) is 164 Å². The van der Waals surface area contributed by atoms with E-state index in [0.717, 1.165) is 44.9 Å². The number of piperazine rings is 1. The second-order valence-electron chi connectivity index (χ2n) is 16.8. The van der Waals surface area contributed by atoms with Crippen LogP contribution in [0.3, 0.4) is 0 Å². The summed E-state index contributed by atoms with van der Waals surface area (Å²) >= 11 is 0. The molecule has 7 rings (SSSR count). The minimum atomic E-state index is -3.21. The van der Waals surface area contributed by atoms with Crippen LogP contribution >= 0.6 is 0 Å². The van der Waals surface area contributed by atoms with Crippen LogP contribution < -0.4 is 21.7 Å². The topological polar surface area (TPSA) is 138 Å². The first-order valence-electron chi connectivity index (χ1n) is 20.8. The molecule has 1 amide bonds. The lowest BCUT2D eigenvalue weighted by atomic mass is 9.81. The lowest BCUT2D eigenvalue weighted by Crippen LogP contribution is -2.65. The number of alkyl halides is 1. The predicted molar refractivity (Wildman–Crippen MR) is 201 cm³/mol. The van der Waals surface area contributed by atoms with Crippen LogP contribution in [-0.2, 0) is 10.0 Å². The van der Waals surface area contributed by atoms with Gasteiger partial charge in [0.15, 0.2) is 5.82 Å². The summed E-state index contributed by atoms with van der Waals surface area (Å²) in [7, 11) is -3.21. The number of carbonyl (C=O) groups excluding carboxylic acids is 1. The molecule has 5 N–H and O–H groups in total. The first kappa shape index (κ1) is 37.4. The lowest BCUT2D eigenvalue weighted by Gasteiger charge is -2.47. The van der Waals surface area contributed by atoms with Gasteiger partial charge < -0.3 is 21.7 Å². The van der Waals surface area contributed by atoms with Gasteiger partial charge in [0.05, 0.1) is 17.3 Å². The maximum atomic E-state index is 15.8. The molecule has 0 spiro atoms. The smallest absolute Gasteiger partial charge is 0.259 e. The van der Waals surface area contributed by atoms with Gasteiger partial charge in [-0.3, -0.25) is 9.69 Å². The fourth-order valence-electron chi connectivity index (χ4n) is 10.2. The summed E-state index contributed by atoms with van der Waals surface area (Å²) in [6.07, 6.45) is 21.9. The Kier molecular flexibility index (Phi) is 12.5. The number of nitrogen functional groups attached to an aromatic ring is 1. The van der Waals surface area contributed by atoms with Gasteiger partial charge >= 0.3 is 0 Å². The molecular formula is C38H65FN8O3S. The summed E-state index contributed by atoms with van der Waals surface area (Å²) < 4.78 is 45.3. The van der Waals surface area contributed by atoms with E-state index >= 15 is 4.39 Å². The minimum Gasteiger partial charge on any atom is -0.381 e. The molecule has 1 aromatic rings. The molecule has 5 unspecified atom stereocenters. The average Bonchev–Trinajstić information content (AvgIpc) is 3.92. The first-order valence-corrected chi connectivity index (χ1v) is 22.3. The number of amides is 1. The Balaban J connectivity index is 1.08. The molecular weight excluding hydrogens is 668 g/mol. The monoisotopic (exact) mass is 732 g/mol. The van der Waals surface area contributed by atoms with Gasteiger partial charge in [-0.25, -0.2) is 17.5 Å². The van der Waals surface area contributed by atoms with Crippen molar-refractivity contribution in [1.29, 1.82) is 0 Å². The summed E-state index contributed by atoms with van der Waals surface area (Å²) in [5.41, 5.74) is 6.87. The van der Waals surface area contributed by atoms with Gasteiger partial charge in [-0.05, 0) is 56.8 Å². The van der Waals surface area contributed by atoms with E-state index < -0.39 is 22.2 Å². The van der Waals surface area contributed by atoms with Crippen LogP contribution in [0.15, 0.2) is 0 Å². The van der Waals surface area contributed by atoms with Gasteiger partial charge in [-0.2, -0.15) is 9.40 Å². The highest BCUT2D eigenvalue weighted by Crippen LogP contribution is 2.41. The Morgan fingerprint density at radius 1 is 0.784 bits per heavy atom. The quantitative estimate of drug-likeness (QED) is 0.285. The molecule has 13 heteroatoms. The molecule has 2 saturated heterocycles. The zero-order valence-corrected chi connectivity index (χ0v) is 31.7. The van der Waals surface area contributed by atoms with Gasteiger partial charge in [0.25, 0.3) is 5.91 Å². The van der Waals surface area contributed by atoms with Gasteiger partial charge in [-0.15, -0.1) is 0 Å². The first-order chi connectivity index (χ1) is 24.8. The van der Waals surface area contributed by atoms with Crippen molar-refractivity contribution in [2.24, 2.45) is 11.8 Å². The van der Waals surface area contributed by atoms with Crippen molar-refractivity contribution in [3.63, 3.8) is 0 Å². The summed E-state index contributed by atoms with van der Waals surface area (Å²) in [6, 6.07) is -0.168. The van der Waals surface area contributed by atoms with Crippen LogP contribution in [0.4, 0.5) is 16.0 Å². The molecule has 3 aliphatic heterocycles. The van der Waals surface area contributed by atoms with Crippen LogP contribution in [0, 0.1) is 11.8 Å². The number of sulfonamides is 1. The number of fused-ring (bicyclic) bond motifs is 1. The number of nitrogens with two attached hydrogens (primary N) is 1. The molecule has 5 atom stereocenters. The van der Waals surface area contributed by atoms with Crippen LogP contribution in [0.25, 0.3) is 0 Å². The van der Waals surface area contributed by atoms with E-state index in [0.29, 0.717) is 56.1 Å². The van der Waals surface area contributed by atoms with Crippen molar-refractivity contribution in [3.05, 3.63) is 5.56 Å². The number of hydrogen-bond donors (Lipinski definition) is 4. The molecule has 5 fully saturated rings. The SMILES string of the molecule is Nc1nn2c(c1C(=O)NC1CNC(C3CCCCCCCC3)CC1N1CCN(S(=O)(=O)C3CC3)CC1)NCC(F)C2C1CCCCCCCCC1. The van der Waals surface area contributed by atoms with Gasteiger partial charge in [0, 0.05) is 51.4 Å². The third kappa shape index (κ3) is 8.72.